The molecule has 318 valence electrons. The third-order valence-electron chi connectivity index (χ3n) is 14.7. The fourth-order valence-electron chi connectivity index (χ4n) is 10.8. The van der Waals surface area contributed by atoms with Crippen LogP contribution < -0.4 is 0 Å². The Hall–Kier alpha value is -7.68. The lowest BCUT2D eigenvalue weighted by molar-refractivity contribution is 0.734. The molecule has 12 aromatic rings. The lowest BCUT2D eigenvalue weighted by Gasteiger charge is -2.18. The lowest BCUT2D eigenvalue weighted by Crippen LogP contribution is -1.96. The van der Waals surface area contributed by atoms with Gasteiger partial charge in [-0.1, -0.05) is 167 Å². The van der Waals surface area contributed by atoms with Crippen LogP contribution in [0, 0.1) is 0 Å². The molecular weight excluding hydrogens is 797 g/mol. The number of hydrogen-bond donors (Lipinski definition) is 0. The maximum atomic E-state index is 2.46. The Labute approximate surface area is 387 Å². The highest BCUT2D eigenvalue weighted by atomic mass is 15.0. The van der Waals surface area contributed by atoms with Gasteiger partial charge in [0.15, 0.2) is 0 Å². The number of fused-ring (bicyclic) bond motifs is 8. The second-order valence-corrected chi connectivity index (χ2v) is 18.4. The van der Waals surface area contributed by atoms with Crippen molar-refractivity contribution in [1.29, 1.82) is 0 Å². The summed E-state index contributed by atoms with van der Waals surface area (Å²) < 4.78 is 4.89. The van der Waals surface area contributed by atoms with Crippen LogP contribution in [0.1, 0.15) is 63.5 Å². The zero-order valence-corrected chi connectivity index (χ0v) is 38.1. The van der Waals surface area contributed by atoms with Crippen LogP contribution in [0.4, 0.5) is 0 Å². The van der Waals surface area contributed by atoms with Crippen molar-refractivity contribution in [2.24, 2.45) is 0 Å². The van der Waals surface area contributed by atoms with Crippen molar-refractivity contribution in [3.8, 4) is 44.8 Å². The number of para-hydroxylation sites is 1. The smallest absolute Gasteiger partial charge is 0.0541 e. The van der Waals surface area contributed by atoms with E-state index in [1.807, 2.05) is 0 Å². The summed E-state index contributed by atoms with van der Waals surface area (Å²) in [6.07, 6.45) is 2.26. The van der Waals surface area contributed by atoms with Crippen molar-refractivity contribution in [1.82, 2.24) is 9.13 Å². The van der Waals surface area contributed by atoms with E-state index in [2.05, 4.69) is 243 Å². The first-order chi connectivity index (χ1) is 32.5. The molecule has 2 aromatic heterocycles. The number of nitrogens with zero attached hydrogens (tertiary/aromatic N) is 2. The molecule has 0 N–H and O–H groups in total. The van der Waals surface area contributed by atoms with Gasteiger partial charge in [-0.05, 0) is 157 Å². The van der Waals surface area contributed by atoms with Gasteiger partial charge >= 0.3 is 0 Å². The minimum absolute atomic E-state index is 0.522. The van der Waals surface area contributed by atoms with Crippen LogP contribution in [-0.2, 0) is 0 Å². The number of hydrogen-bond acceptors (Lipinski definition) is 0. The molecule has 2 unspecified atom stereocenters. The van der Waals surface area contributed by atoms with Gasteiger partial charge in [-0.25, -0.2) is 0 Å². The molecule has 0 spiro atoms. The second kappa shape index (κ2) is 16.1. The van der Waals surface area contributed by atoms with Crippen LogP contribution in [-0.4, -0.2) is 9.13 Å². The maximum Gasteiger partial charge on any atom is 0.0541 e. The average molecular weight is 849 g/mol. The van der Waals surface area contributed by atoms with Crippen molar-refractivity contribution in [3.05, 3.63) is 217 Å². The fraction of sp³-hybridized carbons (Fsp3) is 0.125. The standard InChI is InChI=1S/C64H52N2/c1-5-41(3)46-28-35-61-57(38-46)58-39-47(42(4)6-2)29-36-62(58)66(61)49-31-24-43(25-32-49)48-30-37-60-56(40-48)51-18-14-15-23-59(51)65(60)50-33-26-45(27-34-50)64-54-21-12-10-19-52(54)63(44-16-8-7-9-17-44)53-20-11-13-22-55(53)64/h7-42H,5-6H2,1-4H3. The van der Waals surface area contributed by atoms with Crippen molar-refractivity contribution in [2.75, 3.05) is 0 Å². The summed E-state index contributed by atoms with van der Waals surface area (Å²) in [7, 11) is 0. The highest BCUT2D eigenvalue weighted by Gasteiger charge is 2.20. The largest absolute Gasteiger partial charge is 0.309 e. The van der Waals surface area contributed by atoms with Gasteiger partial charge in [0.2, 0.25) is 0 Å². The minimum Gasteiger partial charge on any atom is -0.309 e. The topological polar surface area (TPSA) is 9.86 Å². The fourth-order valence-corrected chi connectivity index (χ4v) is 10.8. The molecule has 2 heterocycles. The van der Waals surface area contributed by atoms with Crippen LogP contribution in [0.25, 0.3) is 110 Å². The zero-order valence-electron chi connectivity index (χ0n) is 38.1. The molecule has 2 heteroatoms. The van der Waals surface area contributed by atoms with E-state index >= 15 is 0 Å². The Bertz CT molecular complexity index is 3670. The monoisotopic (exact) mass is 848 g/mol. The molecule has 0 aliphatic heterocycles. The first-order valence-corrected chi connectivity index (χ1v) is 23.8. The van der Waals surface area contributed by atoms with Crippen molar-refractivity contribution in [2.45, 2.75) is 52.4 Å². The van der Waals surface area contributed by atoms with E-state index < -0.39 is 0 Å². The molecule has 0 fully saturated rings. The average Bonchev–Trinajstić information content (AvgIpc) is 3.89. The third-order valence-corrected chi connectivity index (χ3v) is 14.7. The first kappa shape index (κ1) is 39.9. The van der Waals surface area contributed by atoms with E-state index in [9.17, 15) is 0 Å². The molecule has 2 nitrogen and oxygen atoms in total. The summed E-state index contributed by atoms with van der Waals surface area (Å²) in [5.41, 5.74) is 17.5. The molecule has 66 heavy (non-hydrogen) atoms. The quantitative estimate of drug-likeness (QED) is 0.128. The predicted molar refractivity (Wildman–Crippen MR) is 284 cm³/mol. The van der Waals surface area contributed by atoms with Gasteiger partial charge in [0.25, 0.3) is 0 Å². The molecule has 0 saturated carbocycles. The van der Waals surface area contributed by atoms with E-state index in [1.165, 1.54) is 115 Å². The Morgan fingerprint density at radius 3 is 1.15 bits per heavy atom. The second-order valence-electron chi connectivity index (χ2n) is 18.4. The van der Waals surface area contributed by atoms with E-state index in [0.29, 0.717) is 11.8 Å². The summed E-state index contributed by atoms with van der Waals surface area (Å²) in [4.78, 5) is 0. The summed E-state index contributed by atoms with van der Waals surface area (Å²) in [5.74, 6) is 1.04. The Kier molecular flexibility index (Phi) is 9.72. The van der Waals surface area contributed by atoms with Gasteiger partial charge in [0, 0.05) is 32.9 Å². The SMILES string of the molecule is CCC(C)c1ccc2c(c1)c1cc(C(C)CC)ccc1n2-c1ccc(-c2ccc3c(c2)c2ccccc2n3-c2ccc(-c3c4ccccc4c(-c4ccccc4)c4ccccc34)cc2)cc1. The third kappa shape index (κ3) is 6.38. The molecule has 0 radical (unpaired) electrons. The van der Waals surface area contributed by atoms with Crippen LogP contribution in [0.15, 0.2) is 206 Å². The van der Waals surface area contributed by atoms with Crippen LogP contribution in [0.2, 0.25) is 0 Å². The highest BCUT2D eigenvalue weighted by Crippen LogP contribution is 2.44. The Balaban J connectivity index is 0.932. The van der Waals surface area contributed by atoms with Crippen LogP contribution in [0.3, 0.4) is 0 Å². The first-order valence-electron chi connectivity index (χ1n) is 23.8. The van der Waals surface area contributed by atoms with E-state index in [1.54, 1.807) is 0 Å². The van der Waals surface area contributed by atoms with Gasteiger partial charge in [-0.15, -0.1) is 0 Å². The molecule has 0 bridgehead atoms. The molecule has 10 aromatic carbocycles. The van der Waals surface area contributed by atoms with Gasteiger partial charge in [-0.3, -0.25) is 0 Å². The van der Waals surface area contributed by atoms with E-state index in [-0.39, 0.29) is 0 Å². The minimum atomic E-state index is 0.522. The Morgan fingerprint density at radius 1 is 0.303 bits per heavy atom. The van der Waals surface area contributed by atoms with E-state index in [4.69, 9.17) is 0 Å². The molecule has 0 aliphatic carbocycles. The van der Waals surface area contributed by atoms with Crippen molar-refractivity contribution in [3.63, 3.8) is 0 Å². The van der Waals surface area contributed by atoms with E-state index in [0.717, 1.165) is 18.5 Å². The van der Waals surface area contributed by atoms with Crippen molar-refractivity contribution >= 4 is 65.2 Å². The molecule has 0 saturated heterocycles. The number of rotatable bonds is 9. The molecule has 2 atom stereocenters. The molecule has 12 rings (SSSR count). The van der Waals surface area contributed by atoms with Gasteiger partial charge in [0.05, 0.1) is 22.1 Å². The predicted octanol–water partition coefficient (Wildman–Crippen LogP) is 18.2. The van der Waals surface area contributed by atoms with Crippen LogP contribution in [0.5, 0.6) is 0 Å². The molecule has 0 aliphatic rings. The summed E-state index contributed by atoms with van der Waals surface area (Å²) in [6.45, 7) is 9.24. The van der Waals surface area contributed by atoms with Crippen molar-refractivity contribution < 1.29 is 0 Å². The number of benzene rings is 10. The normalized spacial score (nSPS) is 12.8. The van der Waals surface area contributed by atoms with Gasteiger partial charge in [-0.2, -0.15) is 0 Å². The van der Waals surface area contributed by atoms with Gasteiger partial charge < -0.3 is 9.13 Å². The van der Waals surface area contributed by atoms with Gasteiger partial charge in [0.1, 0.15) is 0 Å². The maximum absolute atomic E-state index is 2.46. The Morgan fingerprint density at radius 2 is 0.667 bits per heavy atom. The summed E-state index contributed by atoms with van der Waals surface area (Å²) >= 11 is 0. The molecule has 0 amide bonds. The zero-order chi connectivity index (χ0) is 44.5. The highest BCUT2D eigenvalue weighted by molar-refractivity contribution is 6.21. The lowest BCUT2D eigenvalue weighted by atomic mass is 9.86. The molecular formula is C64H52N2. The van der Waals surface area contributed by atoms with Crippen LogP contribution >= 0.6 is 0 Å². The summed E-state index contributed by atoms with van der Waals surface area (Å²) in [6, 6.07) is 77.1. The number of aromatic nitrogens is 2. The summed E-state index contributed by atoms with van der Waals surface area (Å²) in [5, 5.41) is 10.3.